The molecule has 7 N–H and O–H groups in total. The number of aliphatic hydroxyl groups excluding tert-OH is 1. The van der Waals surface area contributed by atoms with Crippen LogP contribution >= 0.6 is 0 Å². The van der Waals surface area contributed by atoms with Crippen LogP contribution in [-0.4, -0.2) is 78.6 Å². The predicted octanol–water partition coefficient (Wildman–Crippen LogP) is 1.75. The quantitative estimate of drug-likeness (QED) is 0.119. The number of halogens is 1. The molecule has 0 saturated carbocycles. The van der Waals surface area contributed by atoms with Crippen LogP contribution in [0.2, 0.25) is 0 Å². The average Bonchev–Trinajstić information content (AvgIpc) is 2.97. The van der Waals surface area contributed by atoms with Crippen molar-refractivity contribution in [3.63, 3.8) is 0 Å². The van der Waals surface area contributed by atoms with Crippen LogP contribution in [-0.2, 0) is 22.6 Å². The third kappa shape index (κ3) is 11.5. The number of hydrogen-bond acceptors (Lipinski definition) is 11. The minimum Gasteiger partial charge on any atom is -0.396 e. The Morgan fingerprint density at radius 3 is 1.90 bits per heavy atom. The highest BCUT2D eigenvalue weighted by atomic mass is 19.1. The summed E-state index contributed by atoms with van der Waals surface area (Å²) in [5.41, 5.74) is 7.68. The van der Waals surface area contributed by atoms with Gasteiger partial charge < -0.3 is 41.6 Å². The molecule has 3 rings (SSSR count). The predicted molar refractivity (Wildman–Crippen MR) is 151 cm³/mol. The van der Waals surface area contributed by atoms with Crippen LogP contribution in [0, 0.1) is 5.82 Å². The Hall–Kier alpha value is -3.91. The number of ether oxygens (including phenoxy) is 2. The maximum atomic E-state index is 13.2. The van der Waals surface area contributed by atoms with E-state index < -0.39 is 0 Å². The number of nitrogens with two attached hydrogens (primary N) is 1. The van der Waals surface area contributed by atoms with Gasteiger partial charge in [0.2, 0.25) is 17.8 Å². The van der Waals surface area contributed by atoms with Crippen molar-refractivity contribution in [1.82, 2.24) is 20.3 Å². The molecule has 0 spiro atoms. The molecule has 1 amide bonds. The summed E-state index contributed by atoms with van der Waals surface area (Å²) in [6.45, 7) is 4.05. The summed E-state index contributed by atoms with van der Waals surface area (Å²) in [4.78, 5) is 25.6. The molecular weight excluding hydrogens is 519 g/mol. The summed E-state index contributed by atoms with van der Waals surface area (Å²) < 4.78 is 23.8. The molecule has 216 valence electrons. The maximum Gasteiger partial charge on any atom is 0.251 e. The summed E-state index contributed by atoms with van der Waals surface area (Å²) in [5.74, 6) is 0.554. The lowest BCUT2D eigenvalue weighted by Gasteiger charge is -2.12. The SMILES string of the molecule is NCCOCCOCCNC(=O)c1ccc(CNc2nc(NCCCO)nc(NCc3ccc(F)cc3)n2)cc1. The van der Waals surface area contributed by atoms with Gasteiger partial charge in [-0.2, -0.15) is 15.0 Å². The van der Waals surface area contributed by atoms with Crippen molar-refractivity contribution in [1.29, 1.82) is 0 Å². The van der Waals surface area contributed by atoms with E-state index in [1.54, 1.807) is 24.3 Å². The fourth-order valence-electron chi connectivity index (χ4n) is 3.37. The van der Waals surface area contributed by atoms with Crippen LogP contribution in [0.1, 0.15) is 27.9 Å². The minimum absolute atomic E-state index is 0.0473. The summed E-state index contributed by atoms with van der Waals surface area (Å²) in [6.07, 6.45) is 0.546. The lowest BCUT2D eigenvalue weighted by molar-refractivity contribution is 0.0511. The average molecular weight is 557 g/mol. The number of aliphatic hydroxyl groups is 1. The van der Waals surface area contributed by atoms with E-state index in [1.165, 1.54) is 12.1 Å². The Morgan fingerprint density at radius 2 is 1.32 bits per heavy atom. The van der Waals surface area contributed by atoms with Crippen LogP contribution in [0.5, 0.6) is 0 Å². The molecule has 1 heterocycles. The van der Waals surface area contributed by atoms with E-state index in [4.69, 9.17) is 20.3 Å². The molecule has 0 atom stereocenters. The van der Waals surface area contributed by atoms with Crippen molar-refractivity contribution in [2.75, 3.05) is 68.6 Å². The number of rotatable bonds is 19. The fraction of sp³-hybridized carbons (Fsp3) is 0.407. The summed E-state index contributed by atoms with van der Waals surface area (Å²) >= 11 is 0. The fourth-order valence-corrected chi connectivity index (χ4v) is 3.37. The van der Waals surface area contributed by atoms with Gasteiger partial charge in [0.1, 0.15) is 5.82 Å². The Morgan fingerprint density at radius 1 is 0.775 bits per heavy atom. The van der Waals surface area contributed by atoms with E-state index in [0.717, 1.165) is 11.1 Å². The van der Waals surface area contributed by atoms with Crippen molar-refractivity contribution < 1.29 is 23.8 Å². The molecule has 40 heavy (non-hydrogen) atoms. The highest BCUT2D eigenvalue weighted by Crippen LogP contribution is 2.13. The Bertz CT molecular complexity index is 1150. The molecule has 1 aromatic heterocycles. The number of nitrogens with zero attached hydrogens (tertiary/aromatic N) is 3. The zero-order valence-electron chi connectivity index (χ0n) is 22.4. The number of anilines is 3. The standard InChI is InChI=1S/C27H37FN8O4/c28-23-8-4-21(5-9-23)19-33-27-35-25(31-11-1-13-37)34-26(36-27)32-18-20-2-6-22(7-3-20)24(38)30-12-15-40-17-16-39-14-10-29/h2-9,37H,1,10-19,29H2,(H,30,38)(H3,31,32,33,34,35,36). The molecule has 3 aromatic rings. The monoisotopic (exact) mass is 556 g/mol. The number of benzene rings is 2. The molecule has 0 radical (unpaired) electrons. The van der Waals surface area contributed by atoms with Gasteiger partial charge in [0.05, 0.1) is 26.4 Å². The molecule has 13 heteroatoms. The van der Waals surface area contributed by atoms with Gasteiger partial charge in [-0.05, 0) is 41.8 Å². The zero-order chi connectivity index (χ0) is 28.4. The first-order chi connectivity index (χ1) is 19.6. The second-order valence-electron chi connectivity index (χ2n) is 8.61. The molecular formula is C27H37FN8O4. The Balaban J connectivity index is 1.50. The third-order valence-corrected chi connectivity index (χ3v) is 5.45. The summed E-state index contributed by atoms with van der Waals surface area (Å²) in [6, 6.07) is 13.4. The van der Waals surface area contributed by atoms with Gasteiger partial charge in [-0.25, -0.2) is 4.39 Å². The second-order valence-corrected chi connectivity index (χ2v) is 8.61. The van der Waals surface area contributed by atoms with Crippen LogP contribution in [0.25, 0.3) is 0 Å². The molecule has 0 fully saturated rings. The van der Waals surface area contributed by atoms with Crippen molar-refractivity contribution in [2.24, 2.45) is 5.73 Å². The molecule has 2 aromatic carbocycles. The Labute approximate surface area is 232 Å². The molecule has 0 aliphatic rings. The van der Waals surface area contributed by atoms with Crippen molar-refractivity contribution in [3.8, 4) is 0 Å². The molecule has 0 saturated heterocycles. The largest absolute Gasteiger partial charge is 0.396 e. The first-order valence-electron chi connectivity index (χ1n) is 13.1. The highest BCUT2D eigenvalue weighted by molar-refractivity contribution is 5.94. The summed E-state index contributed by atoms with van der Waals surface area (Å²) in [7, 11) is 0. The lowest BCUT2D eigenvalue weighted by atomic mass is 10.1. The minimum atomic E-state index is -0.301. The van der Waals surface area contributed by atoms with E-state index in [2.05, 4.69) is 36.2 Å². The van der Waals surface area contributed by atoms with Crippen LogP contribution in [0.3, 0.4) is 0 Å². The maximum absolute atomic E-state index is 13.2. The van der Waals surface area contributed by atoms with Gasteiger partial charge in [0.15, 0.2) is 0 Å². The lowest BCUT2D eigenvalue weighted by Crippen LogP contribution is -2.27. The first-order valence-corrected chi connectivity index (χ1v) is 13.1. The van der Waals surface area contributed by atoms with Crippen molar-refractivity contribution in [2.45, 2.75) is 19.5 Å². The van der Waals surface area contributed by atoms with Crippen LogP contribution < -0.4 is 27.0 Å². The number of amides is 1. The topological polar surface area (TPSA) is 169 Å². The number of carbonyl (C=O) groups excluding carboxylic acids is 1. The van der Waals surface area contributed by atoms with E-state index in [1.807, 2.05) is 12.1 Å². The number of hydrogen-bond donors (Lipinski definition) is 6. The Kier molecular flexibility index (Phi) is 13.5. The molecule has 0 aliphatic carbocycles. The zero-order valence-corrected chi connectivity index (χ0v) is 22.4. The molecule has 0 bridgehead atoms. The number of aromatic nitrogens is 3. The molecule has 12 nitrogen and oxygen atoms in total. The molecule has 0 unspecified atom stereocenters. The van der Waals surface area contributed by atoms with Crippen LogP contribution in [0.4, 0.5) is 22.2 Å². The molecule has 0 aliphatic heterocycles. The normalized spacial score (nSPS) is 10.8. The first kappa shape index (κ1) is 30.6. The van der Waals surface area contributed by atoms with Crippen molar-refractivity contribution in [3.05, 3.63) is 71.0 Å². The van der Waals surface area contributed by atoms with Gasteiger partial charge in [0.25, 0.3) is 5.91 Å². The van der Waals surface area contributed by atoms with Gasteiger partial charge in [-0.15, -0.1) is 0 Å². The van der Waals surface area contributed by atoms with Gasteiger partial charge in [0, 0.05) is 44.9 Å². The summed E-state index contributed by atoms with van der Waals surface area (Å²) in [5, 5.41) is 21.3. The van der Waals surface area contributed by atoms with E-state index >= 15 is 0 Å². The number of nitrogens with one attached hydrogen (secondary N) is 4. The van der Waals surface area contributed by atoms with E-state index in [9.17, 15) is 9.18 Å². The van der Waals surface area contributed by atoms with Gasteiger partial charge in [-0.3, -0.25) is 4.79 Å². The third-order valence-electron chi connectivity index (χ3n) is 5.45. The van der Waals surface area contributed by atoms with Crippen LogP contribution in [0.15, 0.2) is 48.5 Å². The number of carbonyl (C=O) groups is 1. The van der Waals surface area contributed by atoms with Gasteiger partial charge >= 0.3 is 0 Å². The van der Waals surface area contributed by atoms with E-state index in [-0.39, 0.29) is 18.3 Å². The second kappa shape index (κ2) is 17.6. The smallest absolute Gasteiger partial charge is 0.251 e. The highest BCUT2D eigenvalue weighted by Gasteiger charge is 2.08. The van der Waals surface area contributed by atoms with Gasteiger partial charge in [-0.1, -0.05) is 24.3 Å². The van der Waals surface area contributed by atoms with E-state index in [0.29, 0.717) is 89.0 Å². The van der Waals surface area contributed by atoms with Crippen molar-refractivity contribution >= 4 is 23.8 Å².